The largest absolute Gasteiger partial charge is 0.469 e. The van der Waals surface area contributed by atoms with Crippen molar-refractivity contribution >= 4 is 13.7 Å². The summed E-state index contributed by atoms with van der Waals surface area (Å²) in [5.41, 5.74) is -1.59. The number of aliphatic hydroxyl groups excluding tert-OH is 1. The molecule has 1 aromatic heterocycles. The number of H-pyrrole nitrogens is 1. The number of aliphatic hydroxyl groups is 1. The molecule has 1 saturated heterocycles. The third-order valence-electron chi connectivity index (χ3n) is 4.63. The van der Waals surface area contributed by atoms with E-state index in [4.69, 9.17) is 14.5 Å². The fourth-order valence-electron chi connectivity index (χ4n) is 2.89. The van der Waals surface area contributed by atoms with E-state index < -0.39 is 44.1 Å². The minimum Gasteiger partial charge on any atom is -0.394 e. The van der Waals surface area contributed by atoms with Crippen molar-refractivity contribution in [3.05, 3.63) is 32.6 Å². The number of aromatic nitrogens is 2. The maximum atomic E-state index is 12.2. The molecule has 0 spiro atoms. The van der Waals surface area contributed by atoms with E-state index in [0.29, 0.717) is 0 Å². The number of carbonyl (C=O) groups is 1. The van der Waals surface area contributed by atoms with Crippen LogP contribution in [0.5, 0.6) is 0 Å². The Morgan fingerprint density at radius 2 is 2.19 bits per heavy atom. The average Bonchev–Trinajstić information content (AvgIpc) is 3.07. The number of amides is 1. The first kappa shape index (κ1) is 25.0. The summed E-state index contributed by atoms with van der Waals surface area (Å²) < 4.78 is 22.2. The molecule has 0 aromatic carbocycles. The van der Waals surface area contributed by atoms with Crippen LogP contribution in [0.25, 0.3) is 0 Å². The smallest absolute Gasteiger partial charge is 0.394 e. The average molecular weight is 459 g/mol. The second kappa shape index (κ2) is 10.9. The third kappa shape index (κ3) is 7.43. The van der Waals surface area contributed by atoms with Crippen LogP contribution in [0.1, 0.15) is 51.3 Å². The minimum absolute atomic E-state index is 0.0505. The van der Waals surface area contributed by atoms with Crippen LogP contribution in [-0.4, -0.2) is 55.2 Å². The van der Waals surface area contributed by atoms with E-state index in [0.717, 1.165) is 17.2 Å². The van der Waals surface area contributed by atoms with Gasteiger partial charge in [-0.1, -0.05) is 18.8 Å². The number of rotatable bonds is 8. The molecular formula is C18H26N3O9P. The van der Waals surface area contributed by atoms with Crippen LogP contribution >= 0.6 is 7.82 Å². The Morgan fingerprint density at radius 1 is 1.48 bits per heavy atom. The van der Waals surface area contributed by atoms with Gasteiger partial charge in [0.25, 0.3) is 5.56 Å². The van der Waals surface area contributed by atoms with Crippen molar-refractivity contribution in [2.24, 2.45) is 0 Å². The number of carbonyl (C=O) groups excluding carboxylic acids is 1. The van der Waals surface area contributed by atoms with Gasteiger partial charge in [0.05, 0.1) is 6.61 Å². The minimum atomic E-state index is -4.84. The Bertz CT molecular complexity index is 1000. The number of nitrogens with one attached hydrogen (secondary N) is 2. The van der Waals surface area contributed by atoms with Crippen LogP contribution in [-0.2, 0) is 18.6 Å². The molecule has 1 aliphatic rings. The van der Waals surface area contributed by atoms with Gasteiger partial charge in [-0.2, -0.15) is 0 Å². The molecule has 1 fully saturated rings. The van der Waals surface area contributed by atoms with Crippen LogP contribution in [0, 0.1) is 11.8 Å². The summed E-state index contributed by atoms with van der Waals surface area (Å²) in [7, 11) is -4.84. The molecule has 2 heterocycles. The Labute approximate surface area is 177 Å². The number of hydrogen-bond acceptors (Lipinski definition) is 7. The summed E-state index contributed by atoms with van der Waals surface area (Å²) in [5, 5.41) is 12.2. The SMILES string of the molecule is CCC(C)NC(=O)CCC#Cc1cn(C2CC(OP(=O)(O)O)C(CO)O2)c(=O)[nH]c1=O. The predicted molar refractivity (Wildman–Crippen MR) is 108 cm³/mol. The number of aromatic amines is 1. The molecule has 172 valence electrons. The van der Waals surface area contributed by atoms with E-state index in [9.17, 15) is 24.1 Å². The second-order valence-electron chi connectivity index (χ2n) is 7.07. The van der Waals surface area contributed by atoms with E-state index in [1.165, 1.54) is 0 Å². The molecule has 4 atom stereocenters. The van der Waals surface area contributed by atoms with Gasteiger partial charge in [-0.15, -0.1) is 0 Å². The lowest BCUT2D eigenvalue weighted by Gasteiger charge is -2.16. The Kier molecular flexibility index (Phi) is 8.76. The van der Waals surface area contributed by atoms with E-state index >= 15 is 0 Å². The Hall–Kier alpha value is -2.26. The first-order valence-electron chi connectivity index (χ1n) is 9.68. The topological polar surface area (TPSA) is 180 Å². The van der Waals surface area contributed by atoms with Crippen LogP contribution in [0.4, 0.5) is 0 Å². The van der Waals surface area contributed by atoms with Crippen LogP contribution < -0.4 is 16.6 Å². The first-order valence-corrected chi connectivity index (χ1v) is 11.2. The zero-order valence-electron chi connectivity index (χ0n) is 17.1. The summed E-state index contributed by atoms with van der Waals surface area (Å²) >= 11 is 0. The number of phosphoric ester groups is 1. The van der Waals surface area contributed by atoms with Gasteiger partial charge < -0.3 is 24.9 Å². The molecule has 1 aliphatic heterocycles. The van der Waals surface area contributed by atoms with Crippen LogP contribution in [0.2, 0.25) is 0 Å². The fraction of sp³-hybridized carbons (Fsp3) is 0.611. The molecule has 2 rings (SSSR count). The van der Waals surface area contributed by atoms with Crippen LogP contribution in [0.15, 0.2) is 15.8 Å². The molecule has 0 saturated carbocycles. The summed E-state index contributed by atoms with van der Waals surface area (Å²) in [5.74, 6) is 5.15. The molecule has 4 unspecified atom stereocenters. The van der Waals surface area contributed by atoms with Gasteiger partial charge in [0, 0.05) is 31.5 Å². The lowest BCUT2D eigenvalue weighted by molar-refractivity contribution is -0.121. The number of nitrogens with zero attached hydrogens (tertiary/aromatic N) is 1. The zero-order valence-corrected chi connectivity index (χ0v) is 18.0. The van der Waals surface area contributed by atoms with E-state index in [1.807, 2.05) is 13.8 Å². The maximum absolute atomic E-state index is 12.2. The summed E-state index contributed by atoms with van der Waals surface area (Å²) in [4.78, 5) is 56.1. The molecule has 1 amide bonds. The maximum Gasteiger partial charge on any atom is 0.469 e. The standard InChI is InChI=1S/C18H26N3O9P/c1-3-11(2)19-15(23)7-5-4-6-12-9-21(18(25)20-17(12)24)16-8-13(14(10-22)29-16)30-31(26,27)28/h9,11,13-14,16,22H,3,5,7-8,10H2,1-2H3,(H,19,23)(H,20,24,25)(H2,26,27,28). The van der Waals surface area contributed by atoms with Crippen molar-refractivity contribution in [1.82, 2.24) is 14.9 Å². The van der Waals surface area contributed by atoms with Crippen molar-refractivity contribution in [3.63, 3.8) is 0 Å². The lowest BCUT2D eigenvalue weighted by Crippen LogP contribution is -2.33. The van der Waals surface area contributed by atoms with Gasteiger partial charge in [0.15, 0.2) is 0 Å². The molecule has 13 heteroatoms. The zero-order chi connectivity index (χ0) is 23.2. The summed E-state index contributed by atoms with van der Waals surface area (Å²) in [6.07, 6.45) is -1.11. The second-order valence-corrected chi connectivity index (χ2v) is 8.26. The molecular weight excluding hydrogens is 433 g/mol. The van der Waals surface area contributed by atoms with E-state index in [2.05, 4.69) is 26.7 Å². The highest BCUT2D eigenvalue weighted by Crippen LogP contribution is 2.43. The van der Waals surface area contributed by atoms with Crippen molar-refractivity contribution in [1.29, 1.82) is 0 Å². The monoisotopic (exact) mass is 459 g/mol. The predicted octanol–water partition coefficient (Wildman–Crippen LogP) is -0.659. The molecule has 0 radical (unpaired) electrons. The Morgan fingerprint density at radius 3 is 2.81 bits per heavy atom. The highest BCUT2D eigenvalue weighted by atomic mass is 31.2. The molecule has 0 bridgehead atoms. The molecule has 31 heavy (non-hydrogen) atoms. The van der Waals surface area contributed by atoms with Gasteiger partial charge in [-0.3, -0.25) is 23.7 Å². The third-order valence-corrected chi connectivity index (χ3v) is 5.18. The van der Waals surface area contributed by atoms with Gasteiger partial charge in [-0.05, 0) is 13.3 Å². The van der Waals surface area contributed by atoms with Gasteiger partial charge in [-0.25, -0.2) is 9.36 Å². The van der Waals surface area contributed by atoms with E-state index in [1.54, 1.807) is 0 Å². The van der Waals surface area contributed by atoms with Gasteiger partial charge >= 0.3 is 13.5 Å². The molecule has 1 aromatic rings. The van der Waals surface area contributed by atoms with Crippen molar-refractivity contribution < 1.29 is 33.5 Å². The van der Waals surface area contributed by atoms with E-state index in [-0.39, 0.29) is 36.8 Å². The number of ether oxygens (including phenoxy) is 1. The highest BCUT2D eigenvalue weighted by Gasteiger charge is 2.40. The van der Waals surface area contributed by atoms with Crippen molar-refractivity contribution in [2.45, 2.75) is 64.0 Å². The molecule has 12 nitrogen and oxygen atoms in total. The summed E-state index contributed by atoms with van der Waals surface area (Å²) in [6.45, 7) is 3.24. The summed E-state index contributed by atoms with van der Waals surface area (Å²) in [6, 6.07) is 0.0550. The highest BCUT2D eigenvalue weighted by molar-refractivity contribution is 7.46. The Balaban J connectivity index is 2.13. The normalized spacial score (nSPS) is 21.9. The van der Waals surface area contributed by atoms with Gasteiger partial charge in [0.1, 0.15) is 24.0 Å². The van der Waals surface area contributed by atoms with Crippen LogP contribution in [0.3, 0.4) is 0 Å². The number of hydrogen-bond donors (Lipinski definition) is 5. The van der Waals surface area contributed by atoms with Crippen molar-refractivity contribution in [2.75, 3.05) is 6.61 Å². The number of phosphoric acid groups is 1. The van der Waals surface area contributed by atoms with Crippen molar-refractivity contribution in [3.8, 4) is 11.8 Å². The fourth-order valence-corrected chi connectivity index (χ4v) is 3.47. The first-order chi connectivity index (χ1) is 14.5. The molecule has 5 N–H and O–H groups in total. The lowest BCUT2D eigenvalue weighted by atomic mass is 10.2. The van der Waals surface area contributed by atoms with Gasteiger partial charge in [0.2, 0.25) is 5.91 Å². The molecule has 0 aliphatic carbocycles. The quantitative estimate of drug-likeness (QED) is 0.249.